The van der Waals surface area contributed by atoms with Gasteiger partial charge in [0.15, 0.2) is 11.4 Å². The van der Waals surface area contributed by atoms with Crippen molar-refractivity contribution in [3.05, 3.63) is 45.9 Å². The van der Waals surface area contributed by atoms with Gasteiger partial charge in [0.25, 0.3) is 0 Å². The van der Waals surface area contributed by atoms with Crippen LogP contribution < -0.4 is 0 Å². The Hall–Kier alpha value is -2.98. The summed E-state index contributed by atoms with van der Waals surface area (Å²) in [4.78, 5) is 24.0. The highest BCUT2D eigenvalue weighted by molar-refractivity contribution is 5.89. The smallest absolute Gasteiger partial charge is 0.434 e. The molecule has 2 aromatic rings. The molecule has 21 heavy (non-hydrogen) atoms. The van der Waals surface area contributed by atoms with Crippen molar-refractivity contribution in [1.82, 2.24) is 14.8 Å². The number of rotatable bonds is 3. The molecule has 0 aliphatic carbocycles. The van der Waals surface area contributed by atoms with Crippen LogP contribution in [0.4, 0.5) is 19.0 Å². The fraction of sp³-hybridized carbons (Fsp3) is 0.100. The number of nitro groups is 1. The minimum Gasteiger partial charge on any atom is -0.478 e. The van der Waals surface area contributed by atoms with Gasteiger partial charge >= 0.3 is 18.0 Å². The summed E-state index contributed by atoms with van der Waals surface area (Å²) in [5.74, 6) is -2.72. The molecule has 2 heterocycles. The van der Waals surface area contributed by atoms with E-state index in [1.54, 1.807) is 0 Å². The van der Waals surface area contributed by atoms with Gasteiger partial charge in [0, 0.05) is 0 Å². The van der Waals surface area contributed by atoms with Crippen molar-refractivity contribution in [1.29, 1.82) is 0 Å². The van der Waals surface area contributed by atoms with Crippen LogP contribution in [0.5, 0.6) is 0 Å². The van der Waals surface area contributed by atoms with Crippen molar-refractivity contribution in [3.8, 4) is 5.69 Å². The first-order chi connectivity index (χ1) is 9.73. The van der Waals surface area contributed by atoms with Crippen molar-refractivity contribution < 1.29 is 28.0 Å². The van der Waals surface area contributed by atoms with E-state index in [1.807, 2.05) is 0 Å². The third-order valence-corrected chi connectivity index (χ3v) is 2.44. The van der Waals surface area contributed by atoms with Crippen LogP contribution in [0.15, 0.2) is 24.5 Å². The highest BCUT2D eigenvalue weighted by Crippen LogP contribution is 2.35. The van der Waals surface area contributed by atoms with Crippen LogP contribution in [0, 0.1) is 10.1 Å². The van der Waals surface area contributed by atoms with Gasteiger partial charge in [-0.05, 0) is 22.0 Å². The molecule has 110 valence electrons. The number of aromatic carboxylic acids is 1. The van der Waals surface area contributed by atoms with Crippen LogP contribution in [-0.2, 0) is 6.18 Å². The lowest BCUT2D eigenvalue weighted by molar-refractivity contribution is -0.389. The van der Waals surface area contributed by atoms with Gasteiger partial charge < -0.3 is 15.2 Å². The molecule has 0 saturated heterocycles. The van der Waals surface area contributed by atoms with Crippen LogP contribution in [-0.4, -0.2) is 30.8 Å². The summed E-state index contributed by atoms with van der Waals surface area (Å²) < 4.78 is 39.2. The van der Waals surface area contributed by atoms with E-state index in [1.165, 1.54) is 6.07 Å². The Bertz CT molecular complexity index is 725. The number of halogens is 3. The molecular weight excluding hydrogens is 297 g/mol. The molecule has 0 saturated carbocycles. The molecule has 0 unspecified atom stereocenters. The summed E-state index contributed by atoms with van der Waals surface area (Å²) in [7, 11) is 0. The minimum absolute atomic E-state index is 0.147. The lowest BCUT2D eigenvalue weighted by Crippen LogP contribution is -2.18. The molecule has 11 heteroatoms. The number of hydrogen-bond acceptors (Lipinski definition) is 5. The predicted octanol–water partition coefficient (Wildman–Crippen LogP) is 1.89. The van der Waals surface area contributed by atoms with Crippen LogP contribution in [0.2, 0.25) is 0 Å². The predicted molar refractivity (Wildman–Crippen MR) is 60.0 cm³/mol. The number of nitrogens with zero attached hydrogens (tertiary/aromatic N) is 4. The van der Waals surface area contributed by atoms with E-state index in [9.17, 15) is 28.1 Å². The molecule has 2 aromatic heterocycles. The molecule has 0 fully saturated rings. The number of carboxylic acid groups (broad SMARTS) is 1. The second kappa shape index (κ2) is 4.85. The number of aromatic nitrogens is 3. The zero-order valence-electron chi connectivity index (χ0n) is 9.90. The maximum atomic E-state index is 13.0. The minimum atomic E-state index is -5.06. The highest BCUT2D eigenvalue weighted by atomic mass is 19.4. The fourth-order valence-electron chi connectivity index (χ4n) is 1.65. The third-order valence-electron chi connectivity index (χ3n) is 2.44. The number of alkyl halides is 3. The van der Waals surface area contributed by atoms with E-state index in [4.69, 9.17) is 5.11 Å². The Labute approximate surface area is 113 Å². The topological polar surface area (TPSA) is 111 Å². The van der Waals surface area contributed by atoms with Gasteiger partial charge in [-0.2, -0.15) is 18.3 Å². The van der Waals surface area contributed by atoms with E-state index in [-0.39, 0.29) is 4.68 Å². The normalized spacial score (nSPS) is 11.4. The molecule has 0 aliphatic heterocycles. The van der Waals surface area contributed by atoms with E-state index >= 15 is 0 Å². The van der Waals surface area contributed by atoms with Crippen molar-refractivity contribution >= 4 is 11.8 Å². The van der Waals surface area contributed by atoms with Gasteiger partial charge in [-0.15, -0.1) is 0 Å². The Morgan fingerprint density at radius 1 is 1.43 bits per heavy atom. The average molecular weight is 302 g/mol. The summed E-state index contributed by atoms with van der Waals surface area (Å²) in [6.07, 6.45) is -3.56. The Balaban J connectivity index is 2.77. The Morgan fingerprint density at radius 2 is 2.10 bits per heavy atom. The lowest BCUT2D eigenvalue weighted by atomic mass is 10.2. The molecule has 0 bridgehead atoms. The van der Waals surface area contributed by atoms with Crippen molar-refractivity contribution in [2.75, 3.05) is 0 Å². The number of hydrogen-bond donors (Lipinski definition) is 1. The van der Waals surface area contributed by atoms with Gasteiger partial charge in [0.1, 0.15) is 11.8 Å². The summed E-state index contributed by atoms with van der Waals surface area (Å²) >= 11 is 0. The molecule has 0 radical (unpaired) electrons. The molecule has 2 rings (SSSR count). The second-order valence-corrected chi connectivity index (χ2v) is 3.72. The van der Waals surface area contributed by atoms with Gasteiger partial charge in [-0.25, -0.2) is 9.48 Å². The van der Waals surface area contributed by atoms with Gasteiger partial charge in [0.2, 0.25) is 0 Å². The first-order valence-electron chi connectivity index (χ1n) is 5.21. The maximum absolute atomic E-state index is 13.0. The lowest BCUT2D eigenvalue weighted by Gasteiger charge is -2.11. The first-order valence-corrected chi connectivity index (χ1v) is 5.21. The van der Waals surface area contributed by atoms with Gasteiger partial charge in [-0.1, -0.05) is 0 Å². The number of pyridine rings is 1. The third kappa shape index (κ3) is 2.52. The zero-order valence-corrected chi connectivity index (χ0v) is 9.90. The summed E-state index contributed by atoms with van der Waals surface area (Å²) in [6.45, 7) is 0. The van der Waals surface area contributed by atoms with Crippen LogP contribution in [0.25, 0.3) is 5.69 Å². The van der Waals surface area contributed by atoms with E-state index in [0.717, 1.165) is 12.3 Å². The van der Waals surface area contributed by atoms with Crippen molar-refractivity contribution in [2.45, 2.75) is 6.18 Å². The van der Waals surface area contributed by atoms with Gasteiger partial charge in [-0.3, -0.25) is 0 Å². The quantitative estimate of drug-likeness (QED) is 0.684. The average Bonchev–Trinajstić information content (AvgIpc) is 2.83. The Kier molecular flexibility index (Phi) is 3.33. The molecule has 0 atom stereocenters. The number of carbonyl (C=O) groups is 1. The van der Waals surface area contributed by atoms with Crippen LogP contribution in [0.1, 0.15) is 16.1 Å². The summed E-state index contributed by atoms with van der Waals surface area (Å²) in [5.41, 5.74) is -3.31. The number of carboxylic acids is 1. The maximum Gasteiger partial charge on any atom is 0.434 e. The zero-order chi connectivity index (χ0) is 15.8. The molecule has 0 spiro atoms. The molecule has 1 N–H and O–H groups in total. The van der Waals surface area contributed by atoms with Crippen LogP contribution >= 0.6 is 0 Å². The standard InChI is InChI=1S/C10H5F3N4O4/c11-10(12,13)7-5(9(18)19)4-15-16(7)6-2-1-3-14-8(6)17(20)21/h1-4H,(H,18,19). The summed E-state index contributed by atoms with van der Waals surface area (Å²) in [6, 6.07) is 2.16. The Morgan fingerprint density at radius 3 is 2.62 bits per heavy atom. The van der Waals surface area contributed by atoms with Crippen molar-refractivity contribution in [3.63, 3.8) is 0 Å². The van der Waals surface area contributed by atoms with E-state index in [0.29, 0.717) is 6.20 Å². The largest absolute Gasteiger partial charge is 0.478 e. The first kappa shape index (κ1) is 14.4. The molecule has 0 amide bonds. The summed E-state index contributed by atoms with van der Waals surface area (Å²) in [5, 5.41) is 22.9. The molecule has 8 nitrogen and oxygen atoms in total. The fourth-order valence-corrected chi connectivity index (χ4v) is 1.65. The van der Waals surface area contributed by atoms with E-state index < -0.39 is 39.8 Å². The molecule has 0 aromatic carbocycles. The molecular formula is C10H5F3N4O4. The SMILES string of the molecule is O=C(O)c1cnn(-c2cccnc2[N+](=O)[O-])c1C(F)(F)F. The van der Waals surface area contributed by atoms with E-state index in [2.05, 4.69) is 10.1 Å². The van der Waals surface area contributed by atoms with Crippen molar-refractivity contribution in [2.24, 2.45) is 0 Å². The second-order valence-electron chi connectivity index (χ2n) is 3.72. The highest BCUT2D eigenvalue weighted by Gasteiger charge is 2.41. The van der Waals surface area contributed by atoms with Crippen LogP contribution in [0.3, 0.4) is 0 Å². The monoisotopic (exact) mass is 302 g/mol. The van der Waals surface area contributed by atoms with Gasteiger partial charge in [0.05, 0.1) is 6.20 Å². The molecule has 0 aliphatic rings.